The highest BCUT2D eigenvalue weighted by molar-refractivity contribution is 5.91. The number of hydrogen-bond donors (Lipinski definition) is 2. The fourth-order valence-corrected chi connectivity index (χ4v) is 1.99. The van der Waals surface area contributed by atoms with Crippen LogP contribution in [0.3, 0.4) is 0 Å². The van der Waals surface area contributed by atoms with Gasteiger partial charge in [0.2, 0.25) is 0 Å². The first-order valence-corrected chi connectivity index (χ1v) is 6.40. The smallest absolute Gasteiger partial charge is 0.322 e. The van der Waals surface area contributed by atoms with Gasteiger partial charge in [0.1, 0.15) is 18.2 Å². The van der Waals surface area contributed by atoms with E-state index in [0.29, 0.717) is 13.0 Å². The summed E-state index contributed by atoms with van der Waals surface area (Å²) in [6, 6.07) is 2.75. The van der Waals surface area contributed by atoms with Crippen molar-refractivity contribution in [3.05, 3.63) is 24.0 Å². The summed E-state index contributed by atoms with van der Waals surface area (Å²) in [5.41, 5.74) is 0.100. The van der Waals surface area contributed by atoms with Crippen LogP contribution in [-0.2, 0) is 0 Å². The lowest BCUT2D eigenvalue weighted by Gasteiger charge is -2.18. The Morgan fingerprint density at radius 3 is 2.90 bits per heavy atom. The number of amides is 2. The van der Waals surface area contributed by atoms with Gasteiger partial charge in [-0.2, -0.15) is 0 Å². The molecule has 0 spiro atoms. The number of halogens is 3. The molecule has 2 rings (SSSR count). The molecule has 1 fully saturated rings. The third-order valence-corrected chi connectivity index (χ3v) is 3.00. The average Bonchev–Trinajstić information content (AvgIpc) is 2.85. The van der Waals surface area contributed by atoms with Gasteiger partial charge in [-0.05, 0) is 18.6 Å². The summed E-state index contributed by atoms with van der Waals surface area (Å²) >= 11 is 0. The number of alkyl halides is 2. The number of likely N-dealkylation sites (tertiary alicyclic amines) is 1. The second-order valence-electron chi connectivity index (χ2n) is 4.66. The maximum Gasteiger partial charge on any atom is 0.322 e. The normalized spacial score (nSPS) is 18.1. The first-order valence-electron chi connectivity index (χ1n) is 6.40. The molecule has 0 radical (unpaired) electrons. The molecule has 1 heterocycles. The van der Waals surface area contributed by atoms with Gasteiger partial charge >= 0.3 is 6.03 Å². The maximum absolute atomic E-state index is 13.1. The zero-order valence-electron chi connectivity index (χ0n) is 11.1. The third kappa shape index (κ3) is 4.25. The van der Waals surface area contributed by atoms with Gasteiger partial charge < -0.3 is 20.1 Å². The van der Waals surface area contributed by atoms with E-state index in [4.69, 9.17) is 4.74 Å². The molecule has 21 heavy (non-hydrogen) atoms. The molecule has 1 aliphatic heterocycles. The van der Waals surface area contributed by atoms with Gasteiger partial charge in [-0.25, -0.2) is 18.0 Å². The van der Waals surface area contributed by atoms with Crippen LogP contribution in [0.4, 0.5) is 23.7 Å². The number of hydrogen-bond acceptors (Lipinski definition) is 3. The molecule has 1 atom stereocenters. The summed E-state index contributed by atoms with van der Waals surface area (Å²) < 4.78 is 42.3. The Bertz CT molecular complexity index is 513. The van der Waals surface area contributed by atoms with Crippen LogP contribution in [0.1, 0.15) is 6.42 Å². The van der Waals surface area contributed by atoms with Gasteiger partial charge in [-0.3, -0.25) is 0 Å². The minimum Gasteiger partial charge on any atom is -0.485 e. The van der Waals surface area contributed by atoms with E-state index in [1.165, 1.54) is 11.0 Å². The molecule has 0 unspecified atom stereocenters. The topological polar surface area (TPSA) is 61.8 Å². The Kier molecular flexibility index (Phi) is 4.89. The third-order valence-electron chi connectivity index (χ3n) is 3.00. The quantitative estimate of drug-likeness (QED) is 0.895. The Hall–Kier alpha value is -1.96. The number of anilines is 1. The predicted molar refractivity (Wildman–Crippen MR) is 69.1 cm³/mol. The van der Waals surface area contributed by atoms with Crippen molar-refractivity contribution in [3.63, 3.8) is 0 Å². The standard InChI is InChI=1S/C13H15F3N2O3/c14-8-1-2-10(11(5-8)21-7-12(15)16)17-13(20)18-4-3-9(19)6-18/h1-2,5,9,12,19H,3-4,6-7H2,(H,17,20)/t9-/m0/s1. The number of carbonyl (C=O) groups is 1. The van der Waals surface area contributed by atoms with E-state index in [1.807, 2.05) is 0 Å². The van der Waals surface area contributed by atoms with E-state index >= 15 is 0 Å². The lowest BCUT2D eigenvalue weighted by molar-refractivity contribution is 0.0821. The van der Waals surface area contributed by atoms with Crippen LogP contribution in [0, 0.1) is 5.82 Å². The van der Waals surface area contributed by atoms with E-state index in [1.54, 1.807) is 0 Å². The van der Waals surface area contributed by atoms with Gasteiger partial charge in [-0.1, -0.05) is 0 Å². The molecule has 1 saturated heterocycles. The monoisotopic (exact) mass is 304 g/mol. The predicted octanol–water partition coefficient (Wildman–Crippen LogP) is 2.07. The van der Waals surface area contributed by atoms with Gasteiger partial charge in [0.25, 0.3) is 6.43 Å². The van der Waals surface area contributed by atoms with Gasteiger partial charge in [0.15, 0.2) is 0 Å². The molecular formula is C13H15F3N2O3. The summed E-state index contributed by atoms with van der Waals surface area (Å²) in [6.07, 6.45) is -2.80. The number of nitrogens with one attached hydrogen (secondary N) is 1. The number of rotatable bonds is 4. The van der Waals surface area contributed by atoms with Gasteiger partial charge in [-0.15, -0.1) is 0 Å². The Labute approximate surface area is 119 Å². The minimum absolute atomic E-state index is 0.100. The van der Waals surface area contributed by atoms with Crippen LogP contribution in [0.2, 0.25) is 0 Å². The highest BCUT2D eigenvalue weighted by Crippen LogP contribution is 2.26. The number of nitrogens with zero attached hydrogens (tertiary/aromatic N) is 1. The number of ether oxygens (including phenoxy) is 1. The van der Waals surface area contributed by atoms with Crippen molar-refractivity contribution in [1.82, 2.24) is 4.90 Å². The molecule has 0 aliphatic carbocycles. The molecule has 1 aromatic rings. The van der Waals surface area contributed by atoms with Crippen molar-refractivity contribution in [3.8, 4) is 5.75 Å². The van der Waals surface area contributed by atoms with Crippen molar-refractivity contribution >= 4 is 11.7 Å². The lowest BCUT2D eigenvalue weighted by atomic mass is 10.3. The Balaban J connectivity index is 2.06. The van der Waals surface area contributed by atoms with Crippen LogP contribution in [0.5, 0.6) is 5.75 Å². The number of benzene rings is 1. The van der Waals surface area contributed by atoms with Crippen LogP contribution in [0.15, 0.2) is 18.2 Å². The lowest BCUT2D eigenvalue weighted by Crippen LogP contribution is -2.33. The van der Waals surface area contributed by atoms with Crippen molar-refractivity contribution in [2.45, 2.75) is 19.0 Å². The zero-order valence-corrected chi connectivity index (χ0v) is 11.1. The zero-order chi connectivity index (χ0) is 15.4. The fourth-order valence-electron chi connectivity index (χ4n) is 1.99. The van der Waals surface area contributed by atoms with Crippen molar-refractivity contribution in [1.29, 1.82) is 0 Å². The molecule has 2 amide bonds. The van der Waals surface area contributed by atoms with Crippen molar-refractivity contribution in [2.24, 2.45) is 0 Å². The summed E-state index contributed by atoms with van der Waals surface area (Å²) in [5, 5.41) is 11.8. The van der Waals surface area contributed by atoms with Crippen LogP contribution >= 0.6 is 0 Å². The van der Waals surface area contributed by atoms with Crippen LogP contribution in [-0.4, -0.2) is 48.3 Å². The maximum atomic E-state index is 13.1. The Morgan fingerprint density at radius 1 is 1.52 bits per heavy atom. The largest absolute Gasteiger partial charge is 0.485 e. The number of carbonyl (C=O) groups excluding carboxylic acids is 1. The molecule has 1 aliphatic rings. The fraction of sp³-hybridized carbons (Fsp3) is 0.462. The van der Waals surface area contributed by atoms with E-state index in [2.05, 4.69) is 5.32 Å². The molecule has 0 aromatic heterocycles. The molecule has 1 aromatic carbocycles. The number of aliphatic hydroxyl groups excluding tert-OH is 1. The summed E-state index contributed by atoms with van der Waals surface area (Å²) in [7, 11) is 0. The van der Waals surface area contributed by atoms with Gasteiger partial charge in [0, 0.05) is 19.2 Å². The molecule has 5 nitrogen and oxygen atoms in total. The number of aliphatic hydroxyl groups is 1. The van der Waals surface area contributed by atoms with Crippen LogP contribution < -0.4 is 10.1 Å². The SMILES string of the molecule is O=C(Nc1ccc(F)cc1OCC(F)F)N1CC[C@H](O)C1. The highest BCUT2D eigenvalue weighted by atomic mass is 19.3. The van der Waals surface area contributed by atoms with Crippen LogP contribution in [0.25, 0.3) is 0 Å². The minimum atomic E-state index is -2.70. The van der Waals surface area contributed by atoms with E-state index < -0.39 is 31.0 Å². The first-order chi connectivity index (χ1) is 9.95. The van der Waals surface area contributed by atoms with E-state index in [0.717, 1.165) is 12.1 Å². The molecule has 8 heteroatoms. The van der Waals surface area contributed by atoms with E-state index in [-0.39, 0.29) is 18.0 Å². The molecular weight excluding hydrogens is 289 g/mol. The molecule has 116 valence electrons. The summed E-state index contributed by atoms with van der Waals surface area (Å²) in [5.74, 6) is -0.822. The number of β-amino-alcohol motifs (C(OH)–C–C–N with tert-alkyl or cyclic N) is 1. The second-order valence-corrected chi connectivity index (χ2v) is 4.66. The average molecular weight is 304 g/mol. The first kappa shape index (κ1) is 15.4. The summed E-state index contributed by atoms with van der Waals surface area (Å²) in [6.45, 7) is -0.309. The van der Waals surface area contributed by atoms with Crippen molar-refractivity contribution in [2.75, 3.05) is 25.0 Å². The second kappa shape index (κ2) is 6.66. The molecule has 0 bridgehead atoms. The van der Waals surface area contributed by atoms with Gasteiger partial charge in [0.05, 0.1) is 11.8 Å². The number of urea groups is 1. The molecule has 2 N–H and O–H groups in total. The van der Waals surface area contributed by atoms with Crippen molar-refractivity contribution < 1.29 is 27.8 Å². The van der Waals surface area contributed by atoms with E-state index in [9.17, 15) is 23.1 Å². The molecule has 0 saturated carbocycles. The Morgan fingerprint density at radius 2 is 2.29 bits per heavy atom. The highest BCUT2D eigenvalue weighted by Gasteiger charge is 2.25. The summed E-state index contributed by atoms with van der Waals surface area (Å²) in [4.78, 5) is 13.3.